The monoisotopic (exact) mass is 512 g/mol. The van der Waals surface area contributed by atoms with Gasteiger partial charge in [-0.25, -0.2) is 19.2 Å². The smallest absolute Gasteiger partial charge is 0.308 e. The molecule has 0 spiro atoms. The molecule has 0 bridgehead atoms. The summed E-state index contributed by atoms with van der Waals surface area (Å²) in [5.41, 5.74) is 2.68. The standard InChI is InChI=1S/C29H29FN6O2/c30-22-9-7-21(8-10-22)19-36-26(32-25-6-3-13-31-27(25)36)18-20-11-14-34(15-12-20)16-17-35-28(37)23-4-1-2-5-24(23)33-29(35)38/h1-10,13,20H,11-12,14-19H2,(H,33,38). The van der Waals surface area contributed by atoms with Crippen molar-refractivity contribution in [1.29, 1.82) is 0 Å². The number of pyridine rings is 1. The Bertz CT molecular complexity index is 1700. The second-order valence-electron chi connectivity index (χ2n) is 10.0. The first-order valence-corrected chi connectivity index (χ1v) is 13.0. The minimum atomic E-state index is -0.364. The molecule has 0 atom stereocenters. The van der Waals surface area contributed by atoms with Gasteiger partial charge in [0.05, 0.1) is 17.4 Å². The summed E-state index contributed by atoms with van der Waals surface area (Å²) in [6.45, 7) is 3.42. The molecule has 5 aromatic rings. The van der Waals surface area contributed by atoms with Gasteiger partial charge in [-0.3, -0.25) is 9.36 Å². The third-order valence-electron chi connectivity index (χ3n) is 7.54. The van der Waals surface area contributed by atoms with Gasteiger partial charge >= 0.3 is 5.69 Å². The second kappa shape index (κ2) is 10.3. The summed E-state index contributed by atoms with van der Waals surface area (Å²) in [4.78, 5) is 39.9. The number of para-hydroxylation sites is 1. The largest absolute Gasteiger partial charge is 0.328 e. The lowest BCUT2D eigenvalue weighted by molar-refractivity contribution is 0.176. The van der Waals surface area contributed by atoms with Crippen molar-refractivity contribution >= 4 is 22.1 Å². The van der Waals surface area contributed by atoms with Gasteiger partial charge in [-0.15, -0.1) is 0 Å². The first kappa shape index (κ1) is 24.2. The number of piperidine rings is 1. The van der Waals surface area contributed by atoms with Crippen LogP contribution in [0.1, 0.15) is 24.2 Å². The molecule has 0 saturated carbocycles. The lowest BCUT2D eigenvalue weighted by atomic mass is 9.93. The molecule has 1 aliphatic heterocycles. The number of benzene rings is 2. The van der Waals surface area contributed by atoms with Crippen LogP contribution in [0.15, 0.2) is 76.4 Å². The Labute approximate surface area is 218 Å². The highest BCUT2D eigenvalue weighted by Gasteiger charge is 2.23. The Balaban J connectivity index is 1.12. The van der Waals surface area contributed by atoms with E-state index in [-0.39, 0.29) is 17.1 Å². The van der Waals surface area contributed by atoms with E-state index in [2.05, 4.69) is 19.4 Å². The van der Waals surface area contributed by atoms with Crippen molar-refractivity contribution in [2.75, 3.05) is 19.6 Å². The number of hydrogen-bond donors (Lipinski definition) is 1. The van der Waals surface area contributed by atoms with Crippen LogP contribution in [0.3, 0.4) is 0 Å². The van der Waals surface area contributed by atoms with E-state index in [1.54, 1.807) is 42.6 Å². The third kappa shape index (κ3) is 4.89. The predicted molar refractivity (Wildman–Crippen MR) is 145 cm³/mol. The Morgan fingerprint density at radius 1 is 0.921 bits per heavy atom. The van der Waals surface area contributed by atoms with Gasteiger partial charge in [0.2, 0.25) is 0 Å². The van der Waals surface area contributed by atoms with Crippen LogP contribution < -0.4 is 11.2 Å². The number of aromatic nitrogens is 5. The molecule has 2 aromatic carbocycles. The summed E-state index contributed by atoms with van der Waals surface area (Å²) in [6.07, 6.45) is 4.64. The van der Waals surface area contributed by atoms with Crippen molar-refractivity contribution in [1.82, 2.24) is 29.0 Å². The van der Waals surface area contributed by atoms with Crippen LogP contribution in [0.2, 0.25) is 0 Å². The van der Waals surface area contributed by atoms with Gasteiger partial charge in [-0.1, -0.05) is 24.3 Å². The summed E-state index contributed by atoms with van der Waals surface area (Å²) in [7, 11) is 0. The number of aromatic amines is 1. The number of halogens is 1. The van der Waals surface area contributed by atoms with Crippen LogP contribution in [0.4, 0.5) is 4.39 Å². The SMILES string of the molecule is O=c1[nH]c2ccccc2c(=O)n1CCN1CCC(Cc2nc3cccnc3n2Cc2ccc(F)cc2)CC1. The van der Waals surface area contributed by atoms with Gasteiger partial charge in [0, 0.05) is 25.7 Å². The van der Waals surface area contributed by atoms with Crippen molar-refractivity contribution in [3.05, 3.63) is 105 Å². The molecule has 3 aromatic heterocycles. The van der Waals surface area contributed by atoms with E-state index in [1.165, 1.54) is 16.7 Å². The predicted octanol–water partition coefficient (Wildman–Crippen LogP) is 3.58. The molecule has 0 radical (unpaired) electrons. The number of nitrogens with one attached hydrogen (secondary N) is 1. The van der Waals surface area contributed by atoms with E-state index in [0.29, 0.717) is 36.5 Å². The number of nitrogens with zero attached hydrogens (tertiary/aromatic N) is 5. The quantitative estimate of drug-likeness (QED) is 0.360. The van der Waals surface area contributed by atoms with Crippen molar-refractivity contribution in [3.8, 4) is 0 Å². The number of rotatable bonds is 7. The lowest BCUT2D eigenvalue weighted by Crippen LogP contribution is -2.41. The van der Waals surface area contributed by atoms with Gasteiger partial charge < -0.3 is 14.5 Å². The zero-order chi connectivity index (χ0) is 26.1. The van der Waals surface area contributed by atoms with E-state index in [0.717, 1.165) is 54.9 Å². The molecular formula is C29H29FN6O2. The van der Waals surface area contributed by atoms with Crippen molar-refractivity contribution < 1.29 is 4.39 Å². The molecule has 0 amide bonds. The molecule has 1 N–H and O–H groups in total. The molecule has 0 aliphatic carbocycles. The Morgan fingerprint density at radius 2 is 1.71 bits per heavy atom. The van der Waals surface area contributed by atoms with Gasteiger partial charge in [0.25, 0.3) is 5.56 Å². The normalized spacial score (nSPS) is 15.0. The van der Waals surface area contributed by atoms with Gasteiger partial charge in [-0.2, -0.15) is 0 Å². The molecule has 4 heterocycles. The molecule has 38 heavy (non-hydrogen) atoms. The molecular weight excluding hydrogens is 483 g/mol. The van der Waals surface area contributed by atoms with Crippen molar-refractivity contribution in [3.63, 3.8) is 0 Å². The zero-order valence-electron chi connectivity index (χ0n) is 21.0. The highest BCUT2D eigenvalue weighted by Crippen LogP contribution is 2.24. The maximum atomic E-state index is 13.4. The van der Waals surface area contributed by atoms with Crippen molar-refractivity contribution in [2.45, 2.75) is 32.4 Å². The molecule has 194 valence electrons. The van der Waals surface area contributed by atoms with Gasteiger partial charge in [-0.05, 0) is 73.8 Å². The number of hydrogen-bond acceptors (Lipinski definition) is 5. The maximum Gasteiger partial charge on any atom is 0.328 e. The van der Waals surface area contributed by atoms with E-state index in [1.807, 2.05) is 12.1 Å². The highest BCUT2D eigenvalue weighted by molar-refractivity contribution is 5.76. The highest BCUT2D eigenvalue weighted by atomic mass is 19.1. The van der Waals surface area contributed by atoms with E-state index >= 15 is 0 Å². The number of fused-ring (bicyclic) bond motifs is 2. The first-order valence-electron chi connectivity index (χ1n) is 13.0. The topological polar surface area (TPSA) is 88.8 Å². The minimum Gasteiger partial charge on any atom is -0.308 e. The molecule has 6 rings (SSSR count). The van der Waals surface area contributed by atoms with Crippen LogP contribution in [0, 0.1) is 11.7 Å². The van der Waals surface area contributed by atoms with Crippen LogP contribution in [0.25, 0.3) is 22.1 Å². The van der Waals surface area contributed by atoms with Crippen LogP contribution in [-0.2, 0) is 19.5 Å². The lowest BCUT2D eigenvalue weighted by Gasteiger charge is -2.32. The number of likely N-dealkylation sites (tertiary alicyclic amines) is 1. The summed E-state index contributed by atoms with van der Waals surface area (Å²) >= 11 is 0. The summed E-state index contributed by atoms with van der Waals surface area (Å²) < 4.78 is 16.9. The van der Waals surface area contributed by atoms with Crippen molar-refractivity contribution in [2.24, 2.45) is 5.92 Å². The first-order chi connectivity index (χ1) is 18.5. The van der Waals surface area contributed by atoms with Gasteiger partial charge in [0.1, 0.15) is 17.2 Å². The second-order valence-corrected chi connectivity index (χ2v) is 10.0. The summed E-state index contributed by atoms with van der Waals surface area (Å²) in [5, 5.41) is 0.531. The maximum absolute atomic E-state index is 13.4. The fraction of sp³-hybridized carbons (Fsp3) is 0.310. The van der Waals surface area contributed by atoms with Crippen LogP contribution in [0.5, 0.6) is 0 Å². The third-order valence-corrected chi connectivity index (χ3v) is 7.54. The Kier molecular flexibility index (Phi) is 6.59. The van der Waals surface area contributed by atoms with Crippen LogP contribution >= 0.6 is 0 Å². The van der Waals surface area contributed by atoms with E-state index in [9.17, 15) is 14.0 Å². The van der Waals surface area contributed by atoms with Crippen LogP contribution in [-0.4, -0.2) is 48.6 Å². The Morgan fingerprint density at radius 3 is 2.53 bits per heavy atom. The minimum absolute atomic E-state index is 0.243. The molecule has 1 saturated heterocycles. The fourth-order valence-electron chi connectivity index (χ4n) is 5.42. The molecule has 9 heteroatoms. The summed E-state index contributed by atoms with van der Waals surface area (Å²) in [6, 6.07) is 17.6. The molecule has 0 unspecified atom stereocenters. The zero-order valence-corrected chi connectivity index (χ0v) is 21.0. The van der Waals surface area contributed by atoms with E-state index in [4.69, 9.17) is 4.98 Å². The van der Waals surface area contributed by atoms with Gasteiger partial charge in [0.15, 0.2) is 5.65 Å². The number of H-pyrrole nitrogens is 1. The molecule has 8 nitrogen and oxygen atoms in total. The molecule has 1 fully saturated rings. The average Bonchev–Trinajstić information content (AvgIpc) is 3.27. The average molecular weight is 513 g/mol. The van der Waals surface area contributed by atoms with E-state index < -0.39 is 0 Å². The fourth-order valence-corrected chi connectivity index (χ4v) is 5.42. The Hall–Kier alpha value is -4.11. The summed E-state index contributed by atoms with van der Waals surface area (Å²) in [5.74, 6) is 1.22. The molecule has 1 aliphatic rings. The number of imidazole rings is 1.